The number of nitrogens with zero attached hydrogens (tertiary/aromatic N) is 1. The molecule has 0 bridgehead atoms. The second-order valence-corrected chi connectivity index (χ2v) is 6.60. The van der Waals surface area contributed by atoms with Gasteiger partial charge in [-0.3, -0.25) is 14.4 Å². The number of hydrogen-bond donors (Lipinski definition) is 2. The summed E-state index contributed by atoms with van der Waals surface area (Å²) in [6.45, 7) is 3.13. The fourth-order valence-corrected chi connectivity index (χ4v) is 3.31. The summed E-state index contributed by atoms with van der Waals surface area (Å²) >= 11 is 1.54. The molecule has 0 aromatic carbocycles. The number of likely N-dealkylation sites (tertiary alicyclic amines) is 1. The molecular formula is C16H23N3O3S. The second kappa shape index (κ2) is 8.67. The van der Waals surface area contributed by atoms with Crippen molar-refractivity contribution in [3.8, 4) is 0 Å². The minimum absolute atomic E-state index is 0.0273. The summed E-state index contributed by atoms with van der Waals surface area (Å²) in [5.74, 6) is -0.469. The topological polar surface area (TPSA) is 78.5 Å². The van der Waals surface area contributed by atoms with E-state index in [2.05, 4.69) is 10.6 Å². The average Bonchev–Trinajstić information content (AvgIpc) is 3.21. The Bertz CT molecular complexity index is 545. The zero-order valence-electron chi connectivity index (χ0n) is 13.3. The number of amides is 3. The standard InChI is InChI=1S/C16H23N3O3S/c1-2-7-17-14(20)11-18-16(22)13-6-3-8-19(13)15(21)10-12-5-4-9-23-12/h4-5,9,13H,2-3,6-8,10-11H2,1H3,(H,17,20)(H,18,22). The van der Waals surface area contributed by atoms with Crippen molar-refractivity contribution in [2.75, 3.05) is 19.6 Å². The Hall–Kier alpha value is -1.89. The molecule has 2 rings (SSSR count). The van der Waals surface area contributed by atoms with Crippen LogP contribution in [-0.2, 0) is 20.8 Å². The van der Waals surface area contributed by atoms with E-state index in [9.17, 15) is 14.4 Å². The Morgan fingerprint density at radius 3 is 2.87 bits per heavy atom. The molecule has 1 fully saturated rings. The van der Waals surface area contributed by atoms with E-state index in [0.29, 0.717) is 25.9 Å². The van der Waals surface area contributed by atoms with E-state index >= 15 is 0 Å². The zero-order chi connectivity index (χ0) is 16.7. The minimum atomic E-state index is -0.457. The molecule has 1 aromatic rings. The molecule has 0 aliphatic carbocycles. The molecule has 1 aliphatic heterocycles. The molecule has 1 aliphatic rings. The highest BCUT2D eigenvalue weighted by Crippen LogP contribution is 2.20. The number of nitrogens with one attached hydrogen (secondary N) is 2. The molecule has 2 heterocycles. The summed E-state index contributed by atoms with van der Waals surface area (Å²) in [5, 5.41) is 7.28. The average molecular weight is 337 g/mol. The van der Waals surface area contributed by atoms with Crippen molar-refractivity contribution >= 4 is 29.1 Å². The van der Waals surface area contributed by atoms with Crippen molar-refractivity contribution < 1.29 is 14.4 Å². The first-order valence-electron chi connectivity index (χ1n) is 7.98. The Balaban J connectivity index is 1.84. The van der Waals surface area contributed by atoms with E-state index in [1.54, 1.807) is 16.2 Å². The van der Waals surface area contributed by atoms with Crippen molar-refractivity contribution in [3.63, 3.8) is 0 Å². The van der Waals surface area contributed by atoms with Gasteiger partial charge in [0, 0.05) is 18.0 Å². The molecule has 126 valence electrons. The number of rotatable bonds is 7. The van der Waals surface area contributed by atoms with Gasteiger partial charge in [-0.25, -0.2) is 0 Å². The van der Waals surface area contributed by atoms with Crippen molar-refractivity contribution in [3.05, 3.63) is 22.4 Å². The van der Waals surface area contributed by atoms with Crippen LogP contribution >= 0.6 is 11.3 Å². The van der Waals surface area contributed by atoms with Crippen LogP contribution in [-0.4, -0.2) is 48.3 Å². The minimum Gasteiger partial charge on any atom is -0.355 e. The van der Waals surface area contributed by atoms with Crippen LogP contribution in [0.25, 0.3) is 0 Å². The highest BCUT2D eigenvalue weighted by molar-refractivity contribution is 7.10. The van der Waals surface area contributed by atoms with Crippen molar-refractivity contribution in [2.24, 2.45) is 0 Å². The lowest BCUT2D eigenvalue weighted by Gasteiger charge is -2.23. The van der Waals surface area contributed by atoms with E-state index in [-0.39, 0.29) is 24.3 Å². The maximum Gasteiger partial charge on any atom is 0.243 e. The Labute approximate surface area is 140 Å². The van der Waals surface area contributed by atoms with Gasteiger partial charge in [-0.2, -0.15) is 0 Å². The van der Waals surface area contributed by atoms with Crippen LogP contribution in [0.5, 0.6) is 0 Å². The molecule has 6 nitrogen and oxygen atoms in total. The third kappa shape index (κ3) is 5.06. The fraction of sp³-hybridized carbons (Fsp3) is 0.562. The summed E-state index contributed by atoms with van der Waals surface area (Å²) in [6, 6.07) is 3.38. The molecule has 1 atom stereocenters. The smallest absolute Gasteiger partial charge is 0.243 e. The molecular weight excluding hydrogens is 314 g/mol. The quantitative estimate of drug-likeness (QED) is 0.777. The highest BCUT2D eigenvalue weighted by Gasteiger charge is 2.33. The van der Waals surface area contributed by atoms with Gasteiger partial charge in [0.2, 0.25) is 17.7 Å². The van der Waals surface area contributed by atoms with Gasteiger partial charge in [-0.05, 0) is 30.7 Å². The van der Waals surface area contributed by atoms with Crippen LogP contribution in [0.2, 0.25) is 0 Å². The van der Waals surface area contributed by atoms with Crippen LogP contribution in [0.3, 0.4) is 0 Å². The van der Waals surface area contributed by atoms with Gasteiger partial charge in [0.05, 0.1) is 13.0 Å². The fourth-order valence-electron chi connectivity index (χ4n) is 2.61. The van der Waals surface area contributed by atoms with Crippen LogP contribution in [0, 0.1) is 0 Å². The first-order chi connectivity index (χ1) is 11.1. The third-order valence-electron chi connectivity index (χ3n) is 3.78. The molecule has 0 saturated carbocycles. The Kier molecular flexibility index (Phi) is 6.58. The number of carbonyl (C=O) groups is 3. The largest absolute Gasteiger partial charge is 0.355 e. The zero-order valence-corrected chi connectivity index (χ0v) is 14.2. The first kappa shape index (κ1) is 17.5. The third-order valence-corrected chi connectivity index (χ3v) is 4.65. The SMILES string of the molecule is CCCNC(=O)CNC(=O)C1CCCN1C(=O)Cc1cccs1. The molecule has 0 spiro atoms. The van der Waals surface area contributed by atoms with E-state index in [0.717, 1.165) is 17.7 Å². The monoisotopic (exact) mass is 337 g/mol. The van der Waals surface area contributed by atoms with Gasteiger partial charge >= 0.3 is 0 Å². The summed E-state index contributed by atoms with van der Waals surface area (Å²) in [5.41, 5.74) is 0. The molecule has 1 saturated heterocycles. The molecule has 23 heavy (non-hydrogen) atoms. The normalized spacial score (nSPS) is 17.1. The van der Waals surface area contributed by atoms with Gasteiger partial charge < -0.3 is 15.5 Å². The Morgan fingerprint density at radius 1 is 1.35 bits per heavy atom. The summed E-state index contributed by atoms with van der Waals surface area (Å²) in [6.07, 6.45) is 2.65. The summed E-state index contributed by atoms with van der Waals surface area (Å²) in [4.78, 5) is 38.8. The number of hydrogen-bond acceptors (Lipinski definition) is 4. The number of thiophene rings is 1. The molecule has 3 amide bonds. The van der Waals surface area contributed by atoms with Crippen LogP contribution in [0.4, 0.5) is 0 Å². The molecule has 7 heteroatoms. The highest BCUT2D eigenvalue weighted by atomic mass is 32.1. The van der Waals surface area contributed by atoms with Crippen molar-refractivity contribution in [2.45, 2.75) is 38.6 Å². The lowest BCUT2D eigenvalue weighted by molar-refractivity contribution is -0.138. The van der Waals surface area contributed by atoms with E-state index in [1.807, 2.05) is 24.4 Å². The van der Waals surface area contributed by atoms with Gasteiger partial charge in [-0.15, -0.1) is 11.3 Å². The molecule has 1 aromatic heterocycles. The summed E-state index contributed by atoms with van der Waals surface area (Å²) < 4.78 is 0. The lowest BCUT2D eigenvalue weighted by atomic mass is 10.2. The molecule has 2 N–H and O–H groups in total. The van der Waals surface area contributed by atoms with Crippen molar-refractivity contribution in [1.29, 1.82) is 0 Å². The van der Waals surface area contributed by atoms with Gasteiger partial charge in [0.1, 0.15) is 6.04 Å². The van der Waals surface area contributed by atoms with Gasteiger partial charge in [-0.1, -0.05) is 13.0 Å². The predicted molar refractivity (Wildman–Crippen MR) is 89.1 cm³/mol. The van der Waals surface area contributed by atoms with Gasteiger partial charge in [0.25, 0.3) is 0 Å². The van der Waals surface area contributed by atoms with Crippen molar-refractivity contribution in [1.82, 2.24) is 15.5 Å². The second-order valence-electron chi connectivity index (χ2n) is 5.57. The van der Waals surface area contributed by atoms with Crippen LogP contribution in [0.15, 0.2) is 17.5 Å². The van der Waals surface area contributed by atoms with E-state index in [1.165, 1.54) is 0 Å². The lowest BCUT2D eigenvalue weighted by Crippen LogP contribution is -2.48. The van der Waals surface area contributed by atoms with Gasteiger partial charge in [0.15, 0.2) is 0 Å². The maximum atomic E-state index is 12.4. The summed E-state index contributed by atoms with van der Waals surface area (Å²) in [7, 11) is 0. The molecule has 0 radical (unpaired) electrons. The van der Waals surface area contributed by atoms with E-state index < -0.39 is 6.04 Å². The van der Waals surface area contributed by atoms with Crippen LogP contribution < -0.4 is 10.6 Å². The first-order valence-corrected chi connectivity index (χ1v) is 8.86. The molecule has 1 unspecified atom stereocenters. The predicted octanol–water partition coefficient (Wildman–Crippen LogP) is 0.924. The Morgan fingerprint density at radius 2 is 2.17 bits per heavy atom. The van der Waals surface area contributed by atoms with E-state index in [4.69, 9.17) is 0 Å². The van der Waals surface area contributed by atoms with Crippen LogP contribution in [0.1, 0.15) is 31.1 Å². The number of carbonyl (C=O) groups excluding carboxylic acids is 3. The maximum absolute atomic E-state index is 12.4.